The second-order valence-corrected chi connectivity index (χ2v) is 7.35. The van der Waals surface area contributed by atoms with E-state index in [1.807, 2.05) is 6.07 Å². The number of likely N-dealkylation sites (N-methyl/N-ethyl adjacent to an activating group) is 1. The predicted molar refractivity (Wildman–Crippen MR) is 84.4 cm³/mol. The lowest BCUT2D eigenvalue weighted by atomic mass is 9.51. The summed E-state index contributed by atoms with van der Waals surface area (Å²) in [5.74, 6) is 1.39. The molecule has 1 heterocycles. The highest BCUT2D eigenvalue weighted by Crippen LogP contribution is 2.58. The number of piperidine rings is 1. The first-order valence-electron chi connectivity index (χ1n) is 8.34. The van der Waals surface area contributed by atoms with E-state index in [1.165, 1.54) is 5.56 Å². The lowest BCUT2D eigenvalue weighted by Crippen LogP contribution is -2.61. The Morgan fingerprint density at radius 1 is 1.32 bits per heavy atom. The van der Waals surface area contributed by atoms with E-state index in [2.05, 4.69) is 18.0 Å². The summed E-state index contributed by atoms with van der Waals surface area (Å²) in [6, 6.07) is 4.51. The number of hydrogen-bond acceptors (Lipinski definition) is 4. The van der Waals surface area contributed by atoms with E-state index in [-0.39, 0.29) is 11.5 Å². The molecule has 0 amide bonds. The zero-order valence-corrected chi connectivity index (χ0v) is 13.4. The highest BCUT2D eigenvalue weighted by Gasteiger charge is 2.56. The van der Waals surface area contributed by atoms with E-state index >= 15 is 0 Å². The molecule has 0 radical (unpaired) electrons. The highest BCUT2D eigenvalue weighted by atomic mass is 16.5. The smallest absolute Gasteiger partial charge is 0.161 e. The van der Waals surface area contributed by atoms with Crippen molar-refractivity contribution in [3.8, 4) is 11.5 Å². The average Bonchev–Trinajstić information content (AvgIpc) is 2.50. The molecule has 2 aliphatic carbocycles. The monoisotopic (exact) mass is 303 g/mol. The first-order valence-corrected chi connectivity index (χ1v) is 8.34. The number of aliphatic hydroxyl groups is 1. The van der Waals surface area contributed by atoms with Crippen LogP contribution in [0.4, 0.5) is 0 Å². The molecule has 1 aromatic rings. The minimum absolute atomic E-state index is 0.0823. The van der Waals surface area contributed by atoms with Crippen LogP contribution in [0, 0.1) is 5.92 Å². The van der Waals surface area contributed by atoms with Crippen molar-refractivity contribution in [2.75, 3.05) is 20.7 Å². The van der Waals surface area contributed by atoms with Crippen molar-refractivity contribution in [3.63, 3.8) is 0 Å². The minimum atomic E-state index is -0.253. The Kier molecular flexibility index (Phi) is 3.17. The first kappa shape index (κ1) is 14.3. The van der Waals surface area contributed by atoms with E-state index in [0.29, 0.717) is 23.5 Å². The van der Waals surface area contributed by atoms with E-state index in [1.54, 1.807) is 7.11 Å². The van der Waals surface area contributed by atoms with Crippen molar-refractivity contribution in [1.82, 2.24) is 4.90 Å². The molecule has 2 fully saturated rings. The van der Waals surface area contributed by atoms with Crippen LogP contribution in [-0.4, -0.2) is 48.0 Å². The van der Waals surface area contributed by atoms with Crippen LogP contribution in [0.2, 0.25) is 0 Å². The lowest BCUT2D eigenvalue weighted by Gasteiger charge is -2.59. The molecule has 4 rings (SSSR count). The standard InChI is InChI=1S/C18H25NO3/c1-19-8-7-18-10-12(20)4-5-13(18)14(19)9-11-3-6-15(22-2)17(21)16(11)18/h3,6,12-14,20-21H,4-5,7-10H2,1-2H3/t12?,13?,14-,18+/m0/s1. The molecule has 0 spiro atoms. The van der Waals surface area contributed by atoms with E-state index in [4.69, 9.17) is 4.74 Å². The zero-order valence-electron chi connectivity index (χ0n) is 13.4. The third kappa shape index (κ3) is 1.77. The van der Waals surface area contributed by atoms with Crippen LogP contribution < -0.4 is 4.74 Å². The highest BCUT2D eigenvalue weighted by molar-refractivity contribution is 5.56. The molecule has 22 heavy (non-hydrogen) atoms. The number of nitrogens with zero attached hydrogens (tertiary/aromatic N) is 1. The van der Waals surface area contributed by atoms with Gasteiger partial charge in [-0.3, -0.25) is 0 Å². The van der Waals surface area contributed by atoms with Crippen molar-refractivity contribution in [3.05, 3.63) is 23.3 Å². The summed E-state index contributed by atoms with van der Waals surface area (Å²) in [6.07, 6.45) is 4.46. The molecule has 0 aromatic heterocycles. The topological polar surface area (TPSA) is 52.9 Å². The second kappa shape index (κ2) is 4.87. The van der Waals surface area contributed by atoms with Gasteiger partial charge in [-0.05, 0) is 63.2 Å². The second-order valence-electron chi connectivity index (χ2n) is 7.35. The number of benzene rings is 1. The maximum Gasteiger partial charge on any atom is 0.161 e. The van der Waals surface area contributed by atoms with Crippen molar-refractivity contribution >= 4 is 0 Å². The molecule has 3 aliphatic rings. The summed E-state index contributed by atoms with van der Waals surface area (Å²) < 4.78 is 5.35. The van der Waals surface area contributed by atoms with E-state index in [0.717, 1.165) is 44.2 Å². The summed E-state index contributed by atoms with van der Waals surface area (Å²) in [7, 11) is 3.82. The summed E-state index contributed by atoms with van der Waals surface area (Å²) in [4.78, 5) is 2.48. The number of likely N-dealkylation sites (tertiary alicyclic amines) is 1. The molecule has 2 bridgehead atoms. The molecule has 2 unspecified atom stereocenters. The summed E-state index contributed by atoms with van der Waals surface area (Å²) in [5.41, 5.74) is 2.22. The summed E-state index contributed by atoms with van der Waals surface area (Å²) in [6.45, 7) is 1.03. The van der Waals surface area contributed by atoms with Gasteiger partial charge in [-0.1, -0.05) is 6.07 Å². The quantitative estimate of drug-likeness (QED) is 0.834. The maximum absolute atomic E-state index is 10.8. The number of fused-ring (bicyclic) bond motifs is 1. The van der Waals surface area contributed by atoms with Crippen LogP contribution in [0.3, 0.4) is 0 Å². The molecule has 4 nitrogen and oxygen atoms in total. The molecular weight excluding hydrogens is 278 g/mol. The normalized spacial score (nSPS) is 37.3. The van der Waals surface area contributed by atoms with Crippen molar-refractivity contribution < 1.29 is 14.9 Å². The lowest BCUT2D eigenvalue weighted by molar-refractivity contribution is -0.0403. The summed E-state index contributed by atoms with van der Waals surface area (Å²) >= 11 is 0. The predicted octanol–water partition coefficient (Wildman–Crippen LogP) is 2.06. The van der Waals surface area contributed by atoms with Crippen LogP contribution in [0.25, 0.3) is 0 Å². The Balaban J connectivity index is 1.93. The Bertz CT molecular complexity index is 602. The van der Waals surface area contributed by atoms with Crippen molar-refractivity contribution in [2.45, 2.75) is 49.7 Å². The molecule has 1 aliphatic heterocycles. The number of phenolic OH excluding ortho intramolecular Hbond substituents is 1. The Morgan fingerprint density at radius 2 is 2.14 bits per heavy atom. The molecule has 2 N–H and O–H groups in total. The van der Waals surface area contributed by atoms with Gasteiger partial charge in [0.25, 0.3) is 0 Å². The van der Waals surface area contributed by atoms with Gasteiger partial charge in [-0.15, -0.1) is 0 Å². The molecular formula is C18H25NO3. The molecule has 120 valence electrons. The van der Waals surface area contributed by atoms with Gasteiger partial charge in [-0.2, -0.15) is 0 Å². The van der Waals surface area contributed by atoms with Crippen LogP contribution in [0.15, 0.2) is 12.1 Å². The number of aliphatic hydroxyl groups excluding tert-OH is 1. The van der Waals surface area contributed by atoms with Crippen molar-refractivity contribution in [1.29, 1.82) is 0 Å². The van der Waals surface area contributed by atoms with Gasteiger partial charge in [0.1, 0.15) is 0 Å². The molecule has 1 saturated heterocycles. The fourth-order valence-corrected chi connectivity index (χ4v) is 5.46. The third-order valence-corrected chi connectivity index (χ3v) is 6.44. The number of aromatic hydroxyl groups is 1. The number of rotatable bonds is 1. The van der Waals surface area contributed by atoms with Crippen LogP contribution >= 0.6 is 0 Å². The molecule has 4 heteroatoms. The largest absolute Gasteiger partial charge is 0.504 e. The fourth-order valence-electron chi connectivity index (χ4n) is 5.46. The number of hydrogen-bond donors (Lipinski definition) is 2. The minimum Gasteiger partial charge on any atom is -0.504 e. The van der Waals surface area contributed by atoms with E-state index < -0.39 is 0 Å². The van der Waals surface area contributed by atoms with Gasteiger partial charge >= 0.3 is 0 Å². The SMILES string of the molecule is COc1ccc2c(c1O)[C@@]13CCN(C)[C@@H](C2)C1CCC(O)C3. The molecule has 1 aromatic carbocycles. The summed E-state index contributed by atoms with van der Waals surface area (Å²) in [5, 5.41) is 21.1. The number of methoxy groups -OCH3 is 1. The van der Waals surface area contributed by atoms with Crippen LogP contribution in [-0.2, 0) is 11.8 Å². The Morgan fingerprint density at radius 3 is 2.91 bits per heavy atom. The molecule has 4 atom stereocenters. The van der Waals surface area contributed by atoms with Gasteiger partial charge in [-0.25, -0.2) is 0 Å². The van der Waals surface area contributed by atoms with Gasteiger partial charge < -0.3 is 19.8 Å². The zero-order chi connectivity index (χ0) is 15.5. The fraction of sp³-hybridized carbons (Fsp3) is 0.667. The first-order chi connectivity index (χ1) is 10.6. The van der Waals surface area contributed by atoms with Gasteiger partial charge in [0.2, 0.25) is 0 Å². The van der Waals surface area contributed by atoms with Gasteiger partial charge in [0, 0.05) is 17.0 Å². The number of phenols is 1. The van der Waals surface area contributed by atoms with Crippen LogP contribution in [0.1, 0.15) is 36.8 Å². The third-order valence-electron chi connectivity index (χ3n) is 6.44. The number of ether oxygens (including phenoxy) is 1. The van der Waals surface area contributed by atoms with Crippen LogP contribution in [0.5, 0.6) is 11.5 Å². The van der Waals surface area contributed by atoms with Gasteiger partial charge in [0.05, 0.1) is 13.2 Å². The Hall–Kier alpha value is -1.26. The van der Waals surface area contributed by atoms with Crippen molar-refractivity contribution in [2.24, 2.45) is 5.92 Å². The maximum atomic E-state index is 10.8. The molecule has 1 saturated carbocycles. The average molecular weight is 303 g/mol. The van der Waals surface area contributed by atoms with Gasteiger partial charge in [0.15, 0.2) is 11.5 Å². The van der Waals surface area contributed by atoms with E-state index in [9.17, 15) is 10.2 Å². The Labute approximate surface area is 131 Å².